The molecule has 2 aliphatic heterocycles. The Hall–Kier alpha value is -4.38. The quantitative estimate of drug-likeness (QED) is 0.317. The van der Waals surface area contributed by atoms with E-state index in [1.54, 1.807) is 17.2 Å². The first-order valence-electron chi connectivity index (χ1n) is 11.4. The number of esters is 1. The number of rotatable bonds is 6. The van der Waals surface area contributed by atoms with E-state index in [-0.39, 0.29) is 36.2 Å². The Labute approximate surface area is 205 Å². The van der Waals surface area contributed by atoms with Crippen molar-refractivity contribution in [3.05, 3.63) is 65.4 Å². The van der Waals surface area contributed by atoms with Crippen LogP contribution in [0.2, 0.25) is 0 Å². The summed E-state index contributed by atoms with van der Waals surface area (Å²) in [5.74, 6) is -0.952. The lowest BCUT2D eigenvalue weighted by Gasteiger charge is -2.27. The number of hydrogen-bond acceptors (Lipinski definition) is 7. The molecule has 2 saturated heterocycles. The van der Waals surface area contributed by atoms with Crippen molar-refractivity contribution in [2.45, 2.75) is 13.1 Å². The third-order valence-electron chi connectivity index (χ3n) is 6.11. The monoisotopic (exact) mass is 492 g/mol. The van der Waals surface area contributed by atoms with Crippen molar-refractivity contribution in [3.63, 3.8) is 0 Å². The Morgan fingerprint density at radius 3 is 2.67 bits per heavy atom. The highest BCUT2D eigenvalue weighted by Gasteiger charge is 2.34. The number of imide groups is 1. The van der Waals surface area contributed by atoms with Crippen LogP contribution in [0.1, 0.15) is 21.9 Å². The molecule has 0 atom stereocenters. The molecule has 36 heavy (non-hydrogen) atoms. The number of amides is 4. The van der Waals surface area contributed by atoms with Crippen molar-refractivity contribution in [1.29, 1.82) is 0 Å². The molecule has 2 aliphatic rings. The molecule has 2 aromatic heterocycles. The number of ether oxygens (including phenoxy) is 2. The van der Waals surface area contributed by atoms with Crippen molar-refractivity contribution in [3.8, 4) is 0 Å². The second kappa shape index (κ2) is 9.70. The van der Waals surface area contributed by atoms with Crippen molar-refractivity contribution in [2.75, 3.05) is 33.4 Å². The molecule has 11 nitrogen and oxygen atoms in total. The number of aromatic nitrogens is 1. The highest BCUT2D eigenvalue weighted by molar-refractivity contribution is 6.14. The van der Waals surface area contributed by atoms with E-state index in [4.69, 9.17) is 9.15 Å². The minimum Gasteiger partial charge on any atom is -0.463 e. The van der Waals surface area contributed by atoms with E-state index in [0.29, 0.717) is 31.9 Å². The van der Waals surface area contributed by atoms with Crippen LogP contribution in [0.3, 0.4) is 0 Å². The second-order valence-corrected chi connectivity index (χ2v) is 8.36. The lowest BCUT2D eigenvalue weighted by atomic mass is 10.1. The Balaban J connectivity index is 1.37. The molecule has 4 heterocycles. The first kappa shape index (κ1) is 23.4. The number of furan rings is 1. The number of methoxy groups -OCH3 is 1. The number of hydrogen-bond donors (Lipinski definition) is 1. The molecule has 0 spiro atoms. The third-order valence-corrected chi connectivity index (χ3v) is 6.11. The molecule has 5 rings (SSSR count). The molecule has 186 valence electrons. The number of carbonyl (C=O) groups excluding carboxylic acids is 4. The number of nitrogens with one attached hydrogen (secondary N) is 1. The van der Waals surface area contributed by atoms with Crippen molar-refractivity contribution < 1.29 is 33.1 Å². The van der Waals surface area contributed by atoms with Crippen LogP contribution in [0.5, 0.6) is 0 Å². The summed E-state index contributed by atoms with van der Waals surface area (Å²) < 4.78 is 17.2. The summed E-state index contributed by atoms with van der Waals surface area (Å²) in [6, 6.07) is 9.88. The number of carbonyl (C=O) groups is 4. The molecular weight excluding hydrogens is 468 g/mol. The van der Waals surface area contributed by atoms with Gasteiger partial charge in [-0.15, -0.1) is 0 Å². The highest BCUT2D eigenvalue weighted by atomic mass is 16.5. The fourth-order valence-electron chi connectivity index (χ4n) is 4.28. The Kier molecular flexibility index (Phi) is 6.30. The summed E-state index contributed by atoms with van der Waals surface area (Å²) in [7, 11) is 1.23. The molecule has 11 heteroatoms. The zero-order chi connectivity index (χ0) is 25.2. The fourth-order valence-corrected chi connectivity index (χ4v) is 4.28. The maximum absolute atomic E-state index is 13.0. The molecule has 0 saturated carbocycles. The van der Waals surface area contributed by atoms with Gasteiger partial charge in [0.1, 0.15) is 18.0 Å². The van der Waals surface area contributed by atoms with Gasteiger partial charge in [-0.25, -0.2) is 9.59 Å². The smallest absolute Gasteiger partial charge is 0.373 e. The van der Waals surface area contributed by atoms with Crippen LogP contribution in [-0.4, -0.2) is 71.6 Å². The highest BCUT2D eigenvalue weighted by Crippen LogP contribution is 2.26. The maximum atomic E-state index is 13.0. The number of fused-ring (bicyclic) bond motifs is 1. The van der Waals surface area contributed by atoms with Gasteiger partial charge in [0.2, 0.25) is 11.7 Å². The molecule has 0 radical (unpaired) electrons. The van der Waals surface area contributed by atoms with E-state index in [1.807, 2.05) is 28.8 Å². The van der Waals surface area contributed by atoms with Gasteiger partial charge in [-0.3, -0.25) is 14.5 Å². The second-order valence-electron chi connectivity index (χ2n) is 8.36. The lowest BCUT2D eigenvalue weighted by molar-refractivity contribution is -0.135. The van der Waals surface area contributed by atoms with Crippen molar-refractivity contribution in [2.24, 2.45) is 0 Å². The number of para-hydroxylation sites is 1. The first-order valence-corrected chi connectivity index (χ1v) is 11.4. The molecule has 0 unspecified atom stereocenters. The van der Waals surface area contributed by atoms with Gasteiger partial charge in [-0.1, -0.05) is 18.2 Å². The summed E-state index contributed by atoms with van der Waals surface area (Å²) in [5.41, 5.74) is 1.63. The standard InChI is InChI=1S/C25H24N4O7/c1-34-24(32)21-7-6-17(36-21)14-29-23(31)19(26-25(29)33)12-16-13-28(20-5-3-2-4-18(16)20)15-22(30)27-8-10-35-11-9-27/h2-7,12-13H,8-11,14-15H2,1H3,(H,26,33)/b19-12-. The Morgan fingerprint density at radius 2 is 1.89 bits per heavy atom. The normalized spacial score (nSPS) is 17.2. The number of nitrogens with zero attached hydrogens (tertiary/aromatic N) is 3. The predicted molar refractivity (Wildman–Crippen MR) is 126 cm³/mol. The molecule has 1 aromatic carbocycles. The van der Waals surface area contributed by atoms with Crippen LogP contribution in [0.4, 0.5) is 4.79 Å². The molecule has 3 aromatic rings. The molecule has 0 bridgehead atoms. The predicted octanol–water partition coefficient (Wildman–Crippen LogP) is 1.97. The fraction of sp³-hybridized carbons (Fsp3) is 0.280. The summed E-state index contributed by atoms with van der Waals surface area (Å²) in [5, 5.41) is 3.44. The number of urea groups is 1. The van der Waals surface area contributed by atoms with Crippen LogP contribution in [0.25, 0.3) is 17.0 Å². The van der Waals surface area contributed by atoms with Gasteiger partial charge in [-0.2, -0.15) is 0 Å². The number of benzene rings is 1. The van der Waals surface area contributed by atoms with Gasteiger partial charge in [0.15, 0.2) is 0 Å². The van der Waals surface area contributed by atoms with Crippen molar-refractivity contribution >= 4 is 40.8 Å². The van der Waals surface area contributed by atoms with Gasteiger partial charge in [0.05, 0.1) is 26.9 Å². The average molecular weight is 492 g/mol. The SMILES string of the molecule is COC(=O)c1ccc(CN2C(=O)N/C(=C\c3cn(CC(=O)N4CCOCC4)c4ccccc34)C2=O)o1. The van der Waals surface area contributed by atoms with E-state index in [0.717, 1.165) is 15.8 Å². The van der Waals surface area contributed by atoms with E-state index < -0.39 is 17.9 Å². The van der Waals surface area contributed by atoms with E-state index >= 15 is 0 Å². The first-order chi connectivity index (χ1) is 17.4. The summed E-state index contributed by atoms with van der Waals surface area (Å²) in [6.45, 7) is 2.17. The van der Waals surface area contributed by atoms with E-state index in [1.165, 1.54) is 19.2 Å². The summed E-state index contributed by atoms with van der Waals surface area (Å²) in [6.07, 6.45) is 3.40. The zero-order valence-corrected chi connectivity index (χ0v) is 19.6. The van der Waals surface area contributed by atoms with Crippen LogP contribution < -0.4 is 5.32 Å². The van der Waals surface area contributed by atoms with Gasteiger partial charge >= 0.3 is 12.0 Å². The molecule has 1 N–H and O–H groups in total. The van der Waals surface area contributed by atoms with Gasteiger partial charge in [-0.05, 0) is 24.3 Å². The summed E-state index contributed by atoms with van der Waals surface area (Å²) in [4.78, 5) is 52.7. The van der Waals surface area contributed by atoms with Crippen LogP contribution in [-0.2, 0) is 32.2 Å². The van der Waals surface area contributed by atoms with Gasteiger partial charge in [0.25, 0.3) is 5.91 Å². The minimum atomic E-state index is -0.650. The average Bonchev–Trinajstić information content (AvgIpc) is 3.58. The Morgan fingerprint density at radius 1 is 1.11 bits per heavy atom. The topological polar surface area (TPSA) is 123 Å². The van der Waals surface area contributed by atoms with Crippen LogP contribution >= 0.6 is 0 Å². The van der Waals surface area contributed by atoms with Crippen LogP contribution in [0.15, 0.2) is 52.7 Å². The third kappa shape index (κ3) is 4.48. The van der Waals surface area contributed by atoms with Crippen molar-refractivity contribution in [1.82, 2.24) is 19.7 Å². The van der Waals surface area contributed by atoms with E-state index in [2.05, 4.69) is 10.1 Å². The van der Waals surface area contributed by atoms with Crippen LogP contribution in [0, 0.1) is 0 Å². The molecular formula is C25H24N4O7. The Bertz CT molecular complexity index is 1380. The lowest BCUT2D eigenvalue weighted by Crippen LogP contribution is -2.42. The van der Waals surface area contributed by atoms with Gasteiger partial charge < -0.3 is 28.7 Å². The minimum absolute atomic E-state index is 0.0144. The van der Waals surface area contributed by atoms with E-state index in [9.17, 15) is 19.2 Å². The van der Waals surface area contributed by atoms with Gasteiger partial charge in [0, 0.05) is 35.8 Å². The number of morpholine rings is 1. The molecule has 4 amide bonds. The molecule has 0 aliphatic carbocycles. The summed E-state index contributed by atoms with van der Waals surface area (Å²) >= 11 is 0. The molecule has 2 fully saturated rings. The largest absolute Gasteiger partial charge is 0.463 e. The maximum Gasteiger partial charge on any atom is 0.373 e. The zero-order valence-electron chi connectivity index (χ0n) is 19.6.